The van der Waals surface area contributed by atoms with Crippen molar-refractivity contribution in [3.8, 4) is 0 Å². The van der Waals surface area contributed by atoms with Crippen molar-refractivity contribution in [1.82, 2.24) is 10.2 Å². The summed E-state index contributed by atoms with van der Waals surface area (Å²) in [4.78, 5) is 13.6. The van der Waals surface area contributed by atoms with Crippen LogP contribution in [-0.4, -0.2) is 42.3 Å². The third-order valence-electron chi connectivity index (χ3n) is 4.10. The molecule has 0 aromatic heterocycles. The summed E-state index contributed by atoms with van der Waals surface area (Å²) in [5.41, 5.74) is 0.845. The lowest BCUT2D eigenvalue weighted by molar-refractivity contribution is 0.163. The van der Waals surface area contributed by atoms with Gasteiger partial charge in [-0.2, -0.15) is 0 Å². The van der Waals surface area contributed by atoms with E-state index < -0.39 is 6.10 Å². The van der Waals surface area contributed by atoms with Crippen molar-refractivity contribution in [2.75, 3.05) is 20.1 Å². The zero-order chi connectivity index (χ0) is 15.5. The van der Waals surface area contributed by atoms with E-state index >= 15 is 0 Å². The summed E-state index contributed by atoms with van der Waals surface area (Å²) in [6.07, 6.45) is 2.07. The van der Waals surface area contributed by atoms with Crippen molar-refractivity contribution in [1.29, 1.82) is 0 Å². The van der Waals surface area contributed by atoms with Gasteiger partial charge in [0.1, 0.15) is 5.82 Å². The maximum atomic E-state index is 13.3. The summed E-state index contributed by atoms with van der Waals surface area (Å²) < 4.78 is 13.3. The van der Waals surface area contributed by atoms with Gasteiger partial charge in [0.15, 0.2) is 0 Å². The van der Waals surface area contributed by atoms with Gasteiger partial charge in [0.05, 0.1) is 6.10 Å². The second-order valence-corrected chi connectivity index (χ2v) is 6.01. The zero-order valence-corrected chi connectivity index (χ0v) is 12.6. The molecular weight excluding hydrogens is 271 g/mol. The van der Waals surface area contributed by atoms with Crippen LogP contribution in [0.2, 0.25) is 0 Å². The second-order valence-electron chi connectivity index (χ2n) is 6.01. The molecule has 1 unspecified atom stereocenters. The molecule has 0 bridgehead atoms. The molecule has 21 heavy (non-hydrogen) atoms. The lowest BCUT2D eigenvalue weighted by Crippen LogP contribution is -2.41. The quantitative estimate of drug-likeness (QED) is 0.845. The first-order valence-electron chi connectivity index (χ1n) is 7.36. The van der Waals surface area contributed by atoms with E-state index in [1.165, 1.54) is 6.07 Å². The summed E-state index contributed by atoms with van der Waals surface area (Å²) in [6, 6.07) is 6.46. The van der Waals surface area contributed by atoms with Crippen LogP contribution in [0, 0.1) is 5.82 Å². The molecule has 2 amide bonds. The molecule has 1 atom stereocenters. The minimum atomic E-state index is -0.415. The Morgan fingerprint density at radius 3 is 2.81 bits per heavy atom. The minimum Gasteiger partial charge on any atom is -0.393 e. The van der Waals surface area contributed by atoms with E-state index in [2.05, 4.69) is 5.32 Å². The number of nitrogens with one attached hydrogen (secondary N) is 1. The number of aliphatic hydroxyl groups excluding tert-OH is 1. The van der Waals surface area contributed by atoms with Gasteiger partial charge in [-0.1, -0.05) is 12.1 Å². The van der Waals surface area contributed by atoms with Crippen molar-refractivity contribution in [2.45, 2.75) is 37.7 Å². The molecule has 0 radical (unpaired) electrons. The first kappa shape index (κ1) is 15.8. The Morgan fingerprint density at radius 1 is 1.52 bits per heavy atom. The average molecular weight is 294 g/mol. The highest BCUT2D eigenvalue weighted by Gasteiger charge is 2.44. The average Bonchev–Trinajstić information content (AvgIpc) is 3.23. The Kier molecular flexibility index (Phi) is 4.83. The number of nitrogens with zero attached hydrogens (tertiary/aromatic N) is 1. The van der Waals surface area contributed by atoms with Crippen LogP contribution < -0.4 is 5.32 Å². The summed E-state index contributed by atoms with van der Waals surface area (Å²) in [5.74, 6) is -0.237. The van der Waals surface area contributed by atoms with Gasteiger partial charge in [0.2, 0.25) is 0 Å². The van der Waals surface area contributed by atoms with E-state index in [0.717, 1.165) is 18.4 Å². The van der Waals surface area contributed by atoms with Crippen LogP contribution in [0.1, 0.15) is 31.7 Å². The first-order chi connectivity index (χ1) is 9.93. The SMILES string of the molecule is CC(O)CCN(C)C(=O)NCC1(c2cccc(F)c2)CC1. The van der Waals surface area contributed by atoms with Gasteiger partial charge < -0.3 is 15.3 Å². The maximum Gasteiger partial charge on any atom is 0.317 e. The molecule has 116 valence electrons. The molecule has 2 N–H and O–H groups in total. The van der Waals surface area contributed by atoms with Gasteiger partial charge >= 0.3 is 6.03 Å². The standard InChI is InChI=1S/C16H23FN2O2/c1-12(20)6-9-19(2)15(21)18-11-16(7-8-16)13-4-3-5-14(17)10-13/h3-5,10,12,20H,6-9,11H2,1-2H3,(H,18,21). The van der Waals surface area contributed by atoms with Gasteiger partial charge in [-0.25, -0.2) is 9.18 Å². The highest BCUT2D eigenvalue weighted by atomic mass is 19.1. The van der Waals surface area contributed by atoms with E-state index in [-0.39, 0.29) is 17.3 Å². The van der Waals surface area contributed by atoms with E-state index in [1.807, 2.05) is 6.07 Å². The van der Waals surface area contributed by atoms with Crippen molar-refractivity contribution in [3.63, 3.8) is 0 Å². The van der Waals surface area contributed by atoms with Gasteiger partial charge in [0.25, 0.3) is 0 Å². The molecule has 0 spiro atoms. The smallest absolute Gasteiger partial charge is 0.317 e. The lowest BCUT2D eigenvalue weighted by Gasteiger charge is -2.22. The number of benzene rings is 1. The molecule has 0 heterocycles. The van der Waals surface area contributed by atoms with E-state index in [0.29, 0.717) is 19.5 Å². The maximum absolute atomic E-state index is 13.3. The topological polar surface area (TPSA) is 52.6 Å². The summed E-state index contributed by atoms with van der Waals surface area (Å²) >= 11 is 0. The molecule has 1 aromatic carbocycles. The molecule has 0 saturated heterocycles. The molecule has 1 aromatic rings. The number of urea groups is 1. The van der Waals surface area contributed by atoms with Crippen LogP contribution in [-0.2, 0) is 5.41 Å². The predicted octanol–water partition coefficient (Wildman–Crippen LogP) is 2.27. The molecule has 1 saturated carbocycles. The van der Waals surface area contributed by atoms with Crippen molar-refractivity contribution in [3.05, 3.63) is 35.6 Å². The normalized spacial score (nSPS) is 17.1. The van der Waals surface area contributed by atoms with E-state index in [4.69, 9.17) is 0 Å². The number of hydrogen-bond acceptors (Lipinski definition) is 2. The van der Waals surface area contributed by atoms with Gasteiger partial charge in [-0.05, 0) is 43.9 Å². The highest BCUT2D eigenvalue weighted by molar-refractivity contribution is 5.74. The van der Waals surface area contributed by atoms with Gasteiger partial charge in [-0.3, -0.25) is 0 Å². The number of carbonyl (C=O) groups is 1. The van der Waals surface area contributed by atoms with Gasteiger partial charge in [0, 0.05) is 25.6 Å². The Labute approximate surface area is 125 Å². The highest BCUT2D eigenvalue weighted by Crippen LogP contribution is 2.47. The van der Waals surface area contributed by atoms with Crippen molar-refractivity contribution in [2.24, 2.45) is 0 Å². The van der Waals surface area contributed by atoms with Crippen LogP contribution in [0.15, 0.2) is 24.3 Å². The molecule has 4 nitrogen and oxygen atoms in total. The second kappa shape index (κ2) is 6.43. The Morgan fingerprint density at radius 2 is 2.24 bits per heavy atom. The molecule has 1 fully saturated rings. The number of aliphatic hydroxyl groups is 1. The molecule has 1 aliphatic rings. The molecule has 5 heteroatoms. The summed E-state index contributed by atoms with van der Waals surface area (Å²) in [7, 11) is 1.71. The largest absolute Gasteiger partial charge is 0.393 e. The zero-order valence-electron chi connectivity index (χ0n) is 12.6. The van der Waals surface area contributed by atoms with Gasteiger partial charge in [-0.15, -0.1) is 0 Å². The fourth-order valence-corrected chi connectivity index (χ4v) is 2.40. The third kappa shape index (κ3) is 4.17. The number of halogens is 1. The summed E-state index contributed by atoms with van der Waals surface area (Å²) in [5, 5.41) is 12.1. The third-order valence-corrected chi connectivity index (χ3v) is 4.10. The fraction of sp³-hybridized carbons (Fsp3) is 0.562. The number of hydrogen-bond donors (Lipinski definition) is 2. The minimum absolute atomic E-state index is 0.108. The monoisotopic (exact) mass is 294 g/mol. The number of carbonyl (C=O) groups excluding carboxylic acids is 1. The van der Waals surface area contributed by atoms with Crippen LogP contribution in [0.4, 0.5) is 9.18 Å². The molecule has 2 rings (SSSR count). The van der Waals surface area contributed by atoms with Crippen molar-refractivity contribution < 1.29 is 14.3 Å². The Hall–Kier alpha value is -1.62. The Balaban J connectivity index is 1.86. The van der Waals surface area contributed by atoms with E-state index in [1.54, 1.807) is 31.0 Å². The molecular formula is C16H23FN2O2. The van der Waals surface area contributed by atoms with E-state index in [9.17, 15) is 14.3 Å². The van der Waals surface area contributed by atoms with Crippen LogP contribution >= 0.6 is 0 Å². The fourth-order valence-electron chi connectivity index (χ4n) is 2.40. The number of amides is 2. The first-order valence-corrected chi connectivity index (χ1v) is 7.36. The van der Waals surface area contributed by atoms with Crippen LogP contribution in [0.3, 0.4) is 0 Å². The molecule has 1 aliphatic carbocycles. The van der Waals surface area contributed by atoms with Crippen molar-refractivity contribution >= 4 is 6.03 Å². The summed E-state index contributed by atoms with van der Waals surface area (Å²) in [6.45, 7) is 2.74. The lowest BCUT2D eigenvalue weighted by atomic mass is 9.96. The predicted molar refractivity (Wildman–Crippen MR) is 79.6 cm³/mol. The number of rotatable bonds is 6. The molecule has 0 aliphatic heterocycles. The Bertz CT molecular complexity index is 501. The van der Waals surface area contributed by atoms with Crippen LogP contribution in [0.5, 0.6) is 0 Å². The van der Waals surface area contributed by atoms with Crippen LogP contribution in [0.25, 0.3) is 0 Å².